The number of amides is 2. The maximum atomic E-state index is 11.7. The van der Waals surface area contributed by atoms with Crippen LogP contribution >= 0.6 is 11.8 Å². The van der Waals surface area contributed by atoms with E-state index in [0.717, 1.165) is 37.7 Å². The van der Waals surface area contributed by atoms with Crippen LogP contribution in [0.4, 0.5) is 10.7 Å². The zero-order valence-electron chi connectivity index (χ0n) is 14.0. The van der Waals surface area contributed by atoms with Crippen LogP contribution in [0.1, 0.15) is 31.4 Å². The standard InChI is InChI=1S/C17H21N5O2S/c23-15-14(25-17(24)20-15)11-12-3-6-18-16(19-12)22-9-4-13(5-10-22)21-7-1-2-8-21/h3,6,11,13H,1-2,4-5,7-10H2,(H,20,23,24). The highest BCUT2D eigenvalue weighted by atomic mass is 32.2. The zero-order chi connectivity index (χ0) is 17.2. The van der Waals surface area contributed by atoms with Gasteiger partial charge in [0.25, 0.3) is 11.1 Å². The lowest BCUT2D eigenvalue weighted by Crippen LogP contribution is -2.44. The fourth-order valence-corrected chi connectivity index (χ4v) is 4.35. The summed E-state index contributed by atoms with van der Waals surface area (Å²) in [6.45, 7) is 4.38. The molecule has 1 aromatic rings. The van der Waals surface area contributed by atoms with E-state index in [2.05, 4.69) is 25.1 Å². The van der Waals surface area contributed by atoms with Gasteiger partial charge >= 0.3 is 0 Å². The molecule has 0 spiro atoms. The van der Waals surface area contributed by atoms with Gasteiger partial charge in [-0.2, -0.15) is 0 Å². The fourth-order valence-electron chi connectivity index (χ4n) is 3.69. The molecular weight excluding hydrogens is 338 g/mol. The molecule has 7 nitrogen and oxygen atoms in total. The van der Waals surface area contributed by atoms with Gasteiger partial charge in [0.05, 0.1) is 10.6 Å². The Morgan fingerprint density at radius 2 is 1.92 bits per heavy atom. The first-order chi connectivity index (χ1) is 12.2. The molecule has 3 saturated heterocycles. The number of carbonyl (C=O) groups is 2. The number of rotatable bonds is 3. The van der Waals surface area contributed by atoms with Crippen LogP contribution in [0.25, 0.3) is 6.08 Å². The third-order valence-corrected chi connectivity index (χ3v) is 5.80. The van der Waals surface area contributed by atoms with E-state index in [0.29, 0.717) is 22.6 Å². The van der Waals surface area contributed by atoms with Gasteiger partial charge in [-0.3, -0.25) is 14.9 Å². The topological polar surface area (TPSA) is 78.4 Å². The van der Waals surface area contributed by atoms with Gasteiger partial charge < -0.3 is 9.80 Å². The van der Waals surface area contributed by atoms with E-state index in [1.807, 2.05) is 0 Å². The van der Waals surface area contributed by atoms with Crippen molar-refractivity contribution in [2.75, 3.05) is 31.1 Å². The number of aromatic nitrogens is 2. The molecule has 1 N–H and O–H groups in total. The Bertz CT molecular complexity index is 709. The van der Waals surface area contributed by atoms with E-state index in [4.69, 9.17) is 0 Å². The van der Waals surface area contributed by atoms with Crippen molar-refractivity contribution in [3.63, 3.8) is 0 Å². The second-order valence-electron chi connectivity index (χ2n) is 6.60. The predicted octanol–water partition coefficient (Wildman–Crippen LogP) is 1.87. The lowest BCUT2D eigenvalue weighted by molar-refractivity contribution is -0.115. The number of nitrogens with zero attached hydrogens (tertiary/aromatic N) is 4. The van der Waals surface area contributed by atoms with Crippen molar-refractivity contribution < 1.29 is 9.59 Å². The van der Waals surface area contributed by atoms with E-state index in [9.17, 15) is 9.59 Å². The Balaban J connectivity index is 1.43. The van der Waals surface area contributed by atoms with Crippen molar-refractivity contribution in [3.8, 4) is 0 Å². The van der Waals surface area contributed by atoms with Crippen molar-refractivity contribution in [1.29, 1.82) is 0 Å². The van der Waals surface area contributed by atoms with Crippen molar-refractivity contribution >= 4 is 34.9 Å². The van der Waals surface area contributed by atoms with Crippen LogP contribution in [0.3, 0.4) is 0 Å². The number of nitrogens with one attached hydrogen (secondary N) is 1. The number of hydrogen-bond donors (Lipinski definition) is 1. The average molecular weight is 359 g/mol. The summed E-state index contributed by atoms with van der Waals surface area (Å²) in [5.74, 6) is 0.338. The molecule has 0 aliphatic carbocycles. The summed E-state index contributed by atoms with van der Waals surface area (Å²) in [4.78, 5) is 37.1. The summed E-state index contributed by atoms with van der Waals surface area (Å²) in [6, 6.07) is 2.44. The summed E-state index contributed by atoms with van der Waals surface area (Å²) in [6.07, 6.45) is 8.29. The minimum Gasteiger partial charge on any atom is -0.341 e. The van der Waals surface area contributed by atoms with Gasteiger partial charge in [0.15, 0.2) is 0 Å². The lowest BCUT2D eigenvalue weighted by atomic mass is 10.0. The van der Waals surface area contributed by atoms with Crippen molar-refractivity contribution in [2.45, 2.75) is 31.7 Å². The minimum absolute atomic E-state index is 0.338. The predicted molar refractivity (Wildman–Crippen MR) is 97.2 cm³/mol. The molecule has 0 bridgehead atoms. The lowest BCUT2D eigenvalue weighted by Gasteiger charge is -2.36. The number of imide groups is 1. The van der Waals surface area contributed by atoms with Gasteiger partial charge in [-0.25, -0.2) is 9.97 Å². The average Bonchev–Trinajstić information content (AvgIpc) is 3.26. The third kappa shape index (κ3) is 3.69. The molecule has 4 rings (SSSR count). The van der Waals surface area contributed by atoms with Gasteiger partial charge in [-0.1, -0.05) is 0 Å². The number of carbonyl (C=O) groups excluding carboxylic acids is 2. The fraction of sp³-hybridized carbons (Fsp3) is 0.529. The molecule has 3 aliphatic rings. The maximum Gasteiger partial charge on any atom is 0.290 e. The van der Waals surface area contributed by atoms with E-state index >= 15 is 0 Å². The first-order valence-corrected chi connectivity index (χ1v) is 9.57. The highest BCUT2D eigenvalue weighted by Gasteiger charge is 2.28. The molecule has 0 atom stereocenters. The number of hydrogen-bond acceptors (Lipinski definition) is 7. The minimum atomic E-state index is -0.360. The van der Waals surface area contributed by atoms with Crippen molar-refractivity contribution in [2.24, 2.45) is 0 Å². The summed E-state index contributed by atoms with van der Waals surface area (Å²) >= 11 is 0.906. The van der Waals surface area contributed by atoms with Crippen LogP contribution in [-0.4, -0.2) is 58.2 Å². The van der Waals surface area contributed by atoms with Gasteiger partial charge in [0.2, 0.25) is 5.95 Å². The molecule has 1 aromatic heterocycles. The number of thioether (sulfide) groups is 1. The van der Waals surface area contributed by atoms with Gasteiger partial charge in [-0.05, 0) is 62.7 Å². The number of piperidine rings is 1. The molecule has 0 aromatic carbocycles. The Kier molecular flexibility index (Phi) is 4.72. The zero-order valence-corrected chi connectivity index (χ0v) is 14.8. The normalized spacial score (nSPS) is 24.3. The van der Waals surface area contributed by atoms with Gasteiger partial charge in [-0.15, -0.1) is 0 Å². The van der Waals surface area contributed by atoms with E-state index in [-0.39, 0.29) is 11.1 Å². The number of anilines is 1. The van der Waals surface area contributed by atoms with Crippen molar-refractivity contribution in [3.05, 3.63) is 22.9 Å². The molecule has 4 heterocycles. The molecule has 25 heavy (non-hydrogen) atoms. The molecule has 0 radical (unpaired) electrons. The largest absolute Gasteiger partial charge is 0.341 e. The van der Waals surface area contributed by atoms with Crippen LogP contribution in [0, 0.1) is 0 Å². The molecule has 3 aliphatic heterocycles. The Hall–Kier alpha value is -1.93. The Labute approximate surface area is 150 Å². The van der Waals surface area contributed by atoms with E-state index in [1.54, 1.807) is 18.3 Å². The van der Waals surface area contributed by atoms with Crippen LogP contribution in [0.15, 0.2) is 17.2 Å². The maximum absolute atomic E-state index is 11.7. The molecule has 3 fully saturated rings. The molecule has 0 saturated carbocycles. The summed E-state index contributed by atoms with van der Waals surface area (Å²) < 4.78 is 0. The molecular formula is C17H21N5O2S. The molecule has 132 valence electrons. The van der Waals surface area contributed by atoms with Crippen LogP contribution < -0.4 is 10.2 Å². The first kappa shape index (κ1) is 16.5. The van der Waals surface area contributed by atoms with E-state index < -0.39 is 0 Å². The quantitative estimate of drug-likeness (QED) is 0.825. The molecule has 0 unspecified atom stereocenters. The Morgan fingerprint density at radius 1 is 1.16 bits per heavy atom. The smallest absolute Gasteiger partial charge is 0.290 e. The highest BCUT2D eigenvalue weighted by molar-refractivity contribution is 8.18. The summed E-state index contributed by atoms with van der Waals surface area (Å²) in [7, 11) is 0. The Morgan fingerprint density at radius 3 is 2.60 bits per heavy atom. The number of likely N-dealkylation sites (tertiary alicyclic amines) is 1. The van der Waals surface area contributed by atoms with Crippen LogP contribution in [-0.2, 0) is 4.79 Å². The third-order valence-electron chi connectivity index (χ3n) is 4.99. The first-order valence-electron chi connectivity index (χ1n) is 8.76. The van der Waals surface area contributed by atoms with Gasteiger partial charge in [0, 0.05) is 25.3 Å². The summed E-state index contributed by atoms with van der Waals surface area (Å²) in [5, 5.41) is 1.92. The monoisotopic (exact) mass is 359 g/mol. The van der Waals surface area contributed by atoms with E-state index in [1.165, 1.54) is 25.9 Å². The molecule has 8 heteroatoms. The second kappa shape index (κ2) is 7.13. The van der Waals surface area contributed by atoms with Crippen LogP contribution in [0.5, 0.6) is 0 Å². The summed E-state index contributed by atoms with van der Waals surface area (Å²) in [5.41, 5.74) is 0.652. The second-order valence-corrected chi connectivity index (χ2v) is 7.61. The van der Waals surface area contributed by atoms with Gasteiger partial charge in [0.1, 0.15) is 0 Å². The van der Waals surface area contributed by atoms with Crippen molar-refractivity contribution in [1.82, 2.24) is 20.2 Å². The van der Waals surface area contributed by atoms with Crippen LogP contribution in [0.2, 0.25) is 0 Å². The SMILES string of the molecule is O=C1NC(=O)C(=Cc2ccnc(N3CCC(N4CCCC4)CC3)n2)S1. The molecule has 2 amide bonds. The highest BCUT2D eigenvalue weighted by Crippen LogP contribution is 2.26.